The van der Waals surface area contributed by atoms with E-state index in [9.17, 15) is 9.59 Å². The van der Waals surface area contributed by atoms with E-state index in [-0.39, 0.29) is 12.3 Å². The van der Waals surface area contributed by atoms with Crippen LogP contribution < -0.4 is 10.3 Å². The fourth-order valence-electron chi connectivity index (χ4n) is 1.52. The number of methoxy groups -OCH3 is 1. The van der Waals surface area contributed by atoms with Gasteiger partial charge in [-0.15, -0.1) is 9.89 Å². The molecule has 2 aromatic rings. The number of esters is 1. The highest BCUT2D eigenvalue weighted by atomic mass is 16.5. The van der Waals surface area contributed by atoms with Gasteiger partial charge in [0.05, 0.1) is 19.9 Å². The first-order valence-electron chi connectivity index (χ1n) is 6.18. The quantitative estimate of drug-likeness (QED) is 0.643. The summed E-state index contributed by atoms with van der Waals surface area (Å²) in [7, 11) is 1.57. The van der Waals surface area contributed by atoms with Crippen molar-refractivity contribution < 1.29 is 14.3 Å². The maximum atomic E-state index is 11.8. The number of benzene rings is 1. The first-order valence-corrected chi connectivity index (χ1v) is 6.18. The predicted octanol–water partition coefficient (Wildman–Crippen LogP) is 0.639. The van der Waals surface area contributed by atoms with E-state index in [1.807, 2.05) is 0 Å². The molecule has 0 saturated carbocycles. The normalized spacial score (nSPS) is 10.8. The highest BCUT2D eigenvalue weighted by Crippen LogP contribution is 2.09. The molecule has 0 saturated heterocycles. The Bertz CT molecular complexity index is 700. The van der Waals surface area contributed by atoms with Crippen LogP contribution in [-0.4, -0.2) is 41.0 Å². The molecule has 0 aliphatic carbocycles. The van der Waals surface area contributed by atoms with Gasteiger partial charge in [-0.05, 0) is 36.8 Å². The largest absolute Gasteiger partial charge is 0.497 e. The number of carbonyl (C=O) groups is 1. The maximum absolute atomic E-state index is 11.8. The van der Waals surface area contributed by atoms with Gasteiger partial charge in [0.2, 0.25) is 5.69 Å². The molecule has 0 unspecified atom stereocenters. The maximum Gasteiger partial charge on any atom is 0.364 e. The fourth-order valence-corrected chi connectivity index (χ4v) is 1.52. The van der Waals surface area contributed by atoms with Crippen molar-refractivity contribution in [1.82, 2.24) is 15.1 Å². The van der Waals surface area contributed by atoms with Crippen molar-refractivity contribution in [1.29, 1.82) is 0 Å². The Morgan fingerprint density at radius 2 is 2.14 bits per heavy atom. The first kappa shape index (κ1) is 14.5. The number of aromatic nitrogens is 3. The topological polar surface area (TPSA) is 98.6 Å². The van der Waals surface area contributed by atoms with E-state index in [2.05, 4.69) is 15.4 Å². The van der Waals surface area contributed by atoms with Crippen LogP contribution in [0.1, 0.15) is 23.0 Å². The van der Waals surface area contributed by atoms with Gasteiger partial charge >= 0.3 is 11.5 Å². The fraction of sp³-hybridized carbons (Fsp3) is 0.231. The lowest BCUT2D eigenvalue weighted by atomic mass is 10.2. The summed E-state index contributed by atoms with van der Waals surface area (Å²) in [4.78, 5) is 24.1. The summed E-state index contributed by atoms with van der Waals surface area (Å²) in [6.45, 7) is 1.81. The molecule has 0 fully saturated rings. The summed E-state index contributed by atoms with van der Waals surface area (Å²) in [6.07, 6.45) is 1.45. The number of aromatic amines is 1. The van der Waals surface area contributed by atoms with E-state index in [4.69, 9.17) is 9.47 Å². The second-order valence-corrected chi connectivity index (χ2v) is 3.92. The molecule has 110 valence electrons. The van der Waals surface area contributed by atoms with E-state index < -0.39 is 11.5 Å². The molecule has 0 atom stereocenters. The SMILES string of the molecule is CCOC(=O)c1n[nH]n(/N=C/c2ccc(OC)cc2)c1=O. The Balaban J connectivity index is 2.17. The standard InChI is InChI=1S/C13H14N4O4/c1-3-21-13(19)11-12(18)17(16-15-11)14-8-9-4-6-10(20-2)7-5-9/h4-8,16H,3H2,1-2H3/b14-8+. The number of nitrogens with zero attached hydrogens (tertiary/aromatic N) is 3. The van der Waals surface area contributed by atoms with Gasteiger partial charge in [0, 0.05) is 0 Å². The van der Waals surface area contributed by atoms with Crippen molar-refractivity contribution in [3.8, 4) is 5.75 Å². The molecule has 0 spiro atoms. The molecule has 0 radical (unpaired) electrons. The van der Waals surface area contributed by atoms with Crippen LogP contribution in [0, 0.1) is 0 Å². The minimum absolute atomic E-state index is 0.167. The molecule has 1 aromatic heterocycles. The van der Waals surface area contributed by atoms with Gasteiger partial charge < -0.3 is 9.47 Å². The first-order chi connectivity index (χ1) is 10.2. The molecule has 8 heteroatoms. The molecule has 0 bridgehead atoms. The smallest absolute Gasteiger partial charge is 0.364 e. The number of hydrogen-bond donors (Lipinski definition) is 1. The summed E-state index contributed by atoms with van der Waals surface area (Å²) < 4.78 is 9.75. The van der Waals surface area contributed by atoms with E-state index in [1.54, 1.807) is 38.3 Å². The van der Waals surface area contributed by atoms with Crippen molar-refractivity contribution in [2.75, 3.05) is 13.7 Å². The van der Waals surface area contributed by atoms with Gasteiger partial charge in [0.1, 0.15) is 5.75 Å². The second kappa shape index (κ2) is 6.51. The van der Waals surface area contributed by atoms with Crippen LogP contribution in [0.4, 0.5) is 0 Å². The van der Waals surface area contributed by atoms with Crippen LogP contribution in [0.2, 0.25) is 0 Å². The van der Waals surface area contributed by atoms with Crippen molar-refractivity contribution in [3.63, 3.8) is 0 Å². The molecular formula is C13H14N4O4. The molecule has 0 aliphatic heterocycles. The van der Waals surface area contributed by atoms with Crippen molar-refractivity contribution in [2.24, 2.45) is 5.10 Å². The van der Waals surface area contributed by atoms with Crippen LogP contribution in [0.25, 0.3) is 0 Å². The predicted molar refractivity (Wildman–Crippen MR) is 74.8 cm³/mol. The number of nitrogens with one attached hydrogen (secondary N) is 1. The zero-order chi connectivity index (χ0) is 15.2. The van der Waals surface area contributed by atoms with Crippen LogP contribution in [0.3, 0.4) is 0 Å². The lowest BCUT2D eigenvalue weighted by Crippen LogP contribution is -2.20. The van der Waals surface area contributed by atoms with E-state index >= 15 is 0 Å². The Morgan fingerprint density at radius 1 is 1.43 bits per heavy atom. The highest BCUT2D eigenvalue weighted by molar-refractivity contribution is 5.86. The summed E-state index contributed by atoms with van der Waals surface area (Å²) >= 11 is 0. The van der Waals surface area contributed by atoms with Crippen molar-refractivity contribution in [3.05, 3.63) is 45.9 Å². The van der Waals surface area contributed by atoms with Crippen LogP contribution >= 0.6 is 0 Å². The molecule has 21 heavy (non-hydrogen) atoms. The van der Waals surface area contributed by atoms with Gasteiger partial charge in [0.15, 0.2) is 0 Å². The monoisotopic (exact) mass is 290 g/mol. The minimum atomic E-state index is -0.780. The molecule has 1 N–H and O–H groups in total. The molecule has 1 heterocycles. The molecule has 0 aliphatic rings. The third-order valence-electron chi connectivity index (χ3n) is 2.56. The molecule has 1 aromatic carbocycles. The Kier molecular flexibility index (Phi) is 4.50. The van der Waals surface area contributed by atoms with Gasteiger partial charge in [-0.25, -0.2) is 4.79 Å². The summed E-state index contributed by atoms with van der Waals surface area (Å²) in [5, 5.41) is 9.84. The van der Waals surface area contributed by atoms with Crippen LogP contribution in [0.5, 0.6) is 5.75 Å². The van der Waals surface area contributed by atoms with Crippen molar-refractivity contribution in [2.45, 2.75) is 6.92 Å². The van der Waals surface area contributed by atoms with E-state index in [0.717, 1.165) is 16.1 Å². The number of carbonyl (C=O) groups excluding carboxylic acids is 1. The zero-order valence-electron chi connectivity index (χ0n) is 11.6. The third-order valence-corrected chi connectivity index (χ3v) is 2.56. The lowest BCUT2D eigenvalue weighted by Gasteiger charge is -1.98. The van der Waals surface area contributed by atoms with Gasteiger partial charge in [-0.3, -0.25) is 4.79 Å². The number of hydrogen-bond acceptors (Lipinski definition) is 6. The summed E-state index contributed by atoms with van der Waals surface area (Å²) in [6, 6.07) is 7.08. The van der Waals surface area contributed by atoms with Gasteiger partial charge in [-0.2, -0.15) is 10.3 Å². The molecule has 2 rings (SSSR count). The van der Waals surface area contributed by atoms with Gasteiger partial charge in [-0.1, -0.05) is 0 Å². The number of H-pyrrole nitrogens is 1. The second-order valence-electron chi connectivity index (χ2n) is 3.92. The van der Waals surface area contributed by atoms with Gasteiger partial charge in [0.25, 0.3) is 0 Å². The van der Waals surface area contributed by atoms with E-state index in [0.29, 0.717) is 0 Å². The zero-order valence-corrected chi connectivity index (χ0v) is 11.6. The Labute approximate surface area is 120 Å². The highest BCUT2D eigenvalue weighted by Gasteiger charge is 2.17. The molecule has 0 amide bonds. The summed E-state index contributed by atoms with van der Waals surface area (Å²) in [5.74, 6) is -0.0624. The van der Waals surface area contributed by atoms with E-state index in [1.165, 1.54) is 6.21 Å². The molecular weight excluding hydrogens is 276 g/mol. The van der Waals surface area contributed by atoms with Crippen LogP contribution in [-0.2, 0) is 4.74 Å². The summed E-state index contributed by atoms with van der Waals surface area (Å²) in [5.41, 5.74) is -0.239. The number of rotatable bonds is 5. The average Bonchev–Trinajstić information content (AvgIpc) is 2.87. The molecule has 8 nitrogen and oxygen atoms in total. The van der Waals surface area contributed by atoms with Crippen LogP contribution in [0.15, 0.2) is 34.2 Å². The third kappa shape index (κ3) is 3.35. The Hall–Kier alpha value is -2.90. The van der Waals surface area contributed by atoms with Crippen molar-refractivity contribution >= 4 is 12.2 Å². The number of ether oxygens (including phenoxy) is 2. The minimum Gasteiger partial charge on any atom is -0.497 e. The Morgan fingerprint density at radius 3 is 2.76 bits per heavy atom. The lowest BCUT2D eigenvalue weighted by molar-refractivity contribution is 0.0517. The average molecular weight is 290 g/mol.